The van der Waals surface area contributed by atoms with Crippen molar-refractivity contribution >= 4 is 57.3 Å². The number of hydrogen-bond donors (Lipinski definition) is 0. The molecule has 0 aliphatic heterocycles. The van der Waals surface area contributed by atoms with Gasteiger partial charge < -0.3 is 21.7 Å². The van der Waals surface area contributed by atoms with Gasteiger partial charge in [0.1, 0.15) is 0 Å². The summed E-state index contributed by atoms with van der Waals surface area (Å²) in [6.07, 6.45) is 0. The van der Waals surface area contributed by atoms with Gasteiger partial charge in [-0.05, 0) is 10.6 Å². The van der Waals surface area contributed by atoms with Crippen molar-refractivity contribution in [3.63, 3.8) is 0 Å². The van der Waals surface area contributed by atoms with Crippen LogP contribution in [0, 0.1) is 39.9 Å². The van der Waals surface area contributed by atoms with E-state index in [1.165, 1.54) is 21.2 Å². The van der Waals surface area contributed by atoms with Crippen molar-refractivity contribution in [2.24, 2.45) is 4.41 Å². The van der Waals surface area contributed by atoms with Crippen LogP contribution in [0.15, 0.2) is 126 Å². The van der Waals surface area contributed by atoms with Crippen LogP contribution in [0.4, 0.5) is 0 Å². The first-order valence-electron chi connectivity index (χ1n) is 12.8. The van der Waals surface area contributed by atoms with E-state index in [0.717, 1.165) is 0 Å². The molecule has 7 heteroatoms. The fraction of sp³-hybridized carbons (Fsp3) is 0.194. The average Bonchev–Trinajstić information content (AvgIpc) is 2.88. The van der Waals surface area contributed by atoms with E-state index < -0.39 is 30.6 Å². The molecule has 38 heavy (non-hydrogen) atoms. The molecule has 0 radical (unpaired) electrons. The molecule has 0 aliphatic rings. The van der Waals surface area contributed by atoms with Crippen LogP contribution in [0.25, 0.3) is 4.75 Å². The maximum absolute atomic E-state index is 5.87. The summed E-state index contributed by atoms with van der Waals surface area (Å²) in [7, 11) is -8.73. The number of nitrogens with zero attached hydrogens (tertiary/aromatic N) is 2. The molecule has 0 bridgehead atoms. The fourth-order valence-electron chi connectivity index (χ4n) is 4.49. The molecule has 0 heterocycles. The molecule has 4 aromatic carbocycles. The van der Waals surface area contributed by atoms with Crippen molar-refractivity contribution in [1.29, 1.82) is 0 Å². The summed E-state index contributed by atoms with van der Waals surface area (Å²) >= 11 is 0. The fourth-order valence-corrected chi connectivity index (χ4v) is 21.2. The Labute approximate surface area is 264 Å². The van der Waals surface area contributed by atoms with E-state index in [-0.39, 0.29) is 39.9 Å². The normalized spacial score (nSPS) is 12.4. The minimum Gasteiger partial charge on any atom is -0.658 e. The van der Waals surface area contributed by atoms with Gasteiger partial charge in [0.2, 0.25) is 0 Å². The van der Waals surface area contributed by atoms with Gasteiger partial charge in [0, 0.05) is 0 Å². The molecule has 194 valence electrons. The molecular weight excluding hydrogens is 751 g/mol. The molecule has 4 rings (SSSR count). The number of benzene rings is 4. The predicted molar refractivity (Wildman–Crippen MR) is 176 cm³/mol. The average molecular weight is 789 g/mol. The Balaban J connectivity index is 0.00000400. The van der Waals surface area contributed by atoms with Crippen LogP contribution >= 0.6 is 14.1 Å². The first kappa shape index (κ1) is 31.7. The quantitative estimate of drug-likeness (QED) is 0.0982. The second-order valence-corrected chi connectivity index (χ2v) is 26.9. The van der Waals surface area contributed by atoms with Gasteiger partial charge >= 0.3 is 39.9 Å². The molecular formula is C31H38N2P2Si2Th. The second-order valence-electron chi connectivity index (χ2n) is 11.3. The third kappa shape index (κ3) is 7.65. The molecule has 4 aromatic rings. The molecule has 2 nitrogen and oxygen atoms in total. The summed E-state index contributed by atoms with van der Waals surface area (Å²) in [4.78, 5) is 0. The zero-order valence-electron chi connectivity index (χ0n) is 23.3. The summed E-state index contributed by atoms with van der Waals surface area (Å²) in [6.45, 7) is 14.1. The summed E-state index contributed by atoms with van der Waals surface area (Å²) in [5.74, 6) is 0. The van der Waals surface area contributed by atoms with Crippen LogP contribution in [0.1, 0.15) is 0 Å². The minimum absolute atomic E-state index is 0. The van der Waals surface area contributed by atoms with Gasteiger partial charge in [0.15, 0.2) is 8.24 Å². The Morgan fingerprint density at radius 1 is 0.526 bits per heavy atom. The van der Waals surface area contributed by atoms with Gasteiger partial charge in [-0.2, -0.15) is 0 Å². The van der Waals surface area contributed by atoms with Gasteiger partial charge in [-0.1, -0.05) is 179 Å². The summed E-state index contributed by atoms with van der Waals surface area (Å²) in [5, 5.41) is 5.02. The standard InChI is InChI=1S/C31H38N2P2Si2.Th/c1-36(2,3)32-34(28-19-11-7-12-20-28,29-21-13-8-14-22-29)27-35(33-37(4,5)6,30-23-15-9-16-24-30)31-25-17-10-18-26-31;/h7-26H,1-6H3;/q-2;+2. The third-order valence-electron chi connectivity index (χ3n) is 5.71. The van der Waals surface area contributed by atoms with Crippen molar-refractivity contribution in [1.82, 2.24) is 0 Å². The van der Waals surface area contributed by atoms with Gasteiger partial charge in [-0.15, -0.1) is 7.05 Å². The number of rotatable bonds is 8. The SMILES string of the molecule is C[Si](C)(C)N=P([C-]=P([N-][Si](C)(C)C)(c1ccccc1)c1ccccc1)(c1ccccc1)c1ccccc1.[Th+2]. The van der Waals surface area contributed by atoms with Crippen molar-refractivity contribution in [3.05, 3.63) is 126 Å². The molecule has 0 atom stereocenters. The second kappa shape index (κ2) is 13.2. The van der Waals surface area contributed by atoms with Crippen LogP contribution in [0.5, 0.6) is 0 Å². The van der Waals surface area contributed by atoms with Gasteiger partial charge in [-0.3, -0.25) is 0 Å². The molecule has 0 unspecified atom stereocenters. The third-order valence-corrected chi connectivity index (χ3v) is 19.4. The molecule has 0 amide bonds. The zero-order chi connectivity index (χ0) is 26.6. The minimum atomic E-state index is -2.45. The molecule has 0 N–H and O–H groups in total. The van der Waals surface area contributed by atoms with E-state index >= 15 is 0 Å². The molecule has 0 aromatic heterocycles. The first-order chi connectivity index (χ1) is 17.5. The Kier molecular flexibility index (Phi) is 11.0. The van der Waals surface area contributed by atoms with Gasteiger partial charge in [-0.25, -0.2) is 0 Å². The summed E-state index contributed by atoms with van der Waals surface area (Å²) < 4.78 is 11.7. The van der Waals surface area contributed by atoms with Crippen molar-refractivity contribution in [2.75, 3.05) is 0 Å². The Morgan fingerprint density at radius 3 is 1.13 bits per heavy atom. The topological polar surface area (TPSA) is 26.5 Å². The van der Waals surface area contributed by atoms with Crippen LogP contribution in [0.3, 0.4) is 0 Å². The van der Waals surface area contributed by atoms with E-state index in [2.05, 4.69) is 166 Å². The molecule has 0 spiro atoms. The smallest absolute Gasteiger partial charge is 0.658 e. The largest absolute Gasteiger partial charge is 2.00 e. The first-order valence-corrected chi connectivity index (χ1v) is 23.2. The van der Waals surface area contributed by atoms with E-state index in [1.807, 2.05) is 0 Å². The maximum atomic E-state index is 5.87. The summed E-state index contributed by atoms with van der Waals surface area (Å²) in [6, 6.07) is 43.7. The van der Waals surface area contributed by atoms with Gasteiger partial charge in [0.05, 0.1) is 0 Å². The zero-order valence-corrected chi connectivity index (χ0v) is 31.2. The predicted octanol–water partition coefficient (Wildman–Crippen LogP) is 8.10. The van der Waals surface area contributed by atoms with Crippen molar-refractivity contribution in [3.8, 4) is 0 Å². The van der Waals surface area contributed by atoms with Crippen LogP contribution in [0.2, 0.25) is 39.3 Å². The number of hydrogen-bond acceptors (Lipinski definition) is 1. The maximum Gasteiger partial charge on any atom is 2.00 e. The van der Waals surface area contributed by atoms with E-state index in [9.17, 15) is 0 Å². The van der Waals surface area contributed by atoms with Gasteiger partial charge in [0.25, 0.3) is 0 Å². The van der Waals surface area contributed by atoms with Crippen LogP contribution in [-0.2, 0) is 0 Å². The monoisotopic (exact) mass is 788 g/mol. The van der Waals surface area contributed by atoms with Crippen molar-refractivity contribution in [2.45, 2.75) is 39.3 Å². The molecule has 0 aliphatic carbocycles. The Bertz CT molecular complexity index is 1330. The Morgan fingerprint density at radius 2 is 0.842 bits per heavy atom. The van der Waals surface area contributed by atoms with Crippen LogP contribution < -0.4 is 21.2 Å². The molecule has 0 fully saturated rings. The van der Waals surface area contributed by atoms with Crippen LogP contribution in [-0.4, -0.2) is 22.0 Å². The summed E-state index contributed by atoms with van der Waals surface area (Å²) in [5.41, 5.74) is 4.42. The molecule has 0 saturated carbocycles. The Hall–Kier alpha value is -0.872. The van der Waals surface area contributed by atoms with E-state index in [0.29, 0.717) is 0 Å². The van der Waals surface area contributed by atoms with E-state index in [4.69, 9.17) is 9.16 Å². The van der Waals surface area contributed by atoms with E-state index in [1.54, 1.807) is 0 Å². The molecule has 0 saturated heterocycles. The van der Waals surface area contributed by atoms with Crippen molar-refractivity contribution < 1.29 is 39.9 Å².